The van der Waals surface area contributed by atoms with E-state index in [0.717, 1.165) is 30.0 Å². The molecule has 1 aromatic heterocycles. The SMILES string of the molecule is CC1CCCCC1NC(=O)CN(Cc1ccco1)S(=O)(=O)c1ccc(Cl)c(Cl)c1. The lowest BCUT2D eigenvalue weighted by Gasteiger charge is -2.30. The van der Waals surface area contributed by atoms with Gasteiger partial charge < -0.3 is 9.73 Å². The van der Waals surface area contributed by atoms with Crippen LogP contribution in [0.15, 0.2) is 45.9 Å². The lowest BCUT2D eigenvalue weighted by molar-refractivity contribution is -0.122. The van der Waals surface area contributed by atoms with Crippen LogP contribution < -0.4 is 5.32 Å². The number of rotatable bonds is 7. The Morgan fingerprint density at radius 3 is 2.62 bits per heavy atom. The molecule has 1 aliphatic rings. The quantitative estimate of drug-likeness (QED) is 0.663. The van der Waals surface area contributed by atoms with Crippen LogP contribution in [0.5, 0.6) is 0 Å². The molecule has 1 heterocycles. The zero-order chi connectivity index (χ0) is 21.0. The first-order valence-corrected chi connectivity index (χ1v) is 11.7. The molecule has 3 rings (SSSR count). The molecule has 0 spiro atoms. The van der Waals surface area contributed by atoms with E-state index in [9.17, 15) is 13.2 Å². The average Bonchev–Trinajstić information content (AvgIpc) is 3.18. The van der Waals surface area contributed by atoms with Crippen molar-refractivity contribution in [1.29, 1.82) is 0 Å². The Balaban J connectivity index is 1.81. The number of furan rings is 1. The maximum atomic E-state index is 13.2. The number of nitrogens with zero attached hydrogens (tertiary/aromatic N) is 1. The predicted octanol–water partition coefficient (Wildman–Crippen LogP) is 4.47. The largest absolute Gasteiger partial charge is 0.468 e. The molecule has 1 fully saturated rings. The van der Waals surface area contributed by atoms with Gasteiger partial charge in [-0.25, -0.2) is 8.42 Å². The Hall–Kier alpha value is -1.54. The first kappa shape index (κ1) is 22.2. The Kier molecular flexibility index (Phi) is 7.27. The summed E-state index contributed by atoms with van der Waals surface area (Å²) in [5.74, 6) is 0.476. The first-order chi connectivity index (χ1) is 13.8. The molecule has 29 heavy (non-hydrogen) atoms. The minimum Gasteiger partial charge on any atom is -0.468 e. The van der Waals surface area contributed by atoms with Gasteiger partial charge in [-0.15, -0.1) is 0 Å². The Labute approximate surface area is 181 Å². The zero-order valence-electron chi connectivity index (χ0n) is 16.1. The highest BCUT2D eigenvalue weighted by Crippen LogP contribution is 2.28. The third-order valence-electron chi connectivity index (χ3n) is 5.22. The molecule has 0 radical (unpaired) electrons. The molecule has 9 heteroatoms. The number of nitrogens with one attached hydrogen (secondary N) is 1. The van der Waals surface area contributed by atoms with E-state index in [1.54, 1.807) is 12.1 Å². The normalized spacial score (nSPS) is 20.0. The number of carbonyl (C=O) groups is 1. The Bertz CT molecular complexity index is 947. The van der Waals surface area contributed by atoms with Crippen LogP contribution in [0.1, 0.15) is 38.4 Å². The maximum absolute atomic E-state index is 13.2. The van der Waals surface area contributed by atoms with Gasteiger partial charge in [0.15, 0.2) is 0 Å². The highest BCUT2D eigenvalue weighted by atomic mass is 35.5. The van der Waals surface area contributed by atoms with Crippen molar-refractivity contribution in [2.45, 2.75) is 50.1 Å². The van der Waals surface area contributed by atoms with E-state index in [1.807, 2.05) is 0 Å². The molecule has 6 nitrogen and oxygen atoms in total. The summed E-state index contributed by atoms with van der Waals surface area (Å²) in [6.07, 6.45) is 5.65. The molecular weight excluding hydrogens is 435 g/mol. The van der Waals surface area contributed by atoms with Crippen LogP contribution in [0.3, 0.4) is 0 Å². The highest BCUT2D eigenvalue weighted by Gasteiger charge is 2.30. The van der Waals surface area contributed by atoms with Crippen LogP contribution >= 0.6 is 23.2 Å². The average molecular weight is 459 g/mol. The van der Waals surface area contributed by atoms with Crippen LogP contribution in [0, 0.1) is 5.92 Å². The van der Waals surface area contributed by atoms with Gasteiger partial charge in [0.05, 0.1) is 34.3 Å². The van der Waals surface area contributed by atoms with E-state index in [2.05, 4.69) is 12.2 Å². The van der Waals surface area contributed by atoms with Gasteiger partial charge in [0, 0.05) is 6.04 Å². The van der Waals surface area contributed by atoms with Crippen molar-refractivity contribution in [3.63, 3.8) is 0 Å². The Morgan fingerprint density at radius 1 is 1.21 bits per heavy atom. The smallest absolute Gasteiger partial charge is 0.244 e. The molecule has 1 saturated carbocycles. The third-order valence-corrected chi connectivity index (χ3v) is 7.75. The van der Waals surface area contributed by atoms with Gasteiger partial charge in [-0.2, -0.15) is 4.31 Å². The second kappa shape index (κ2) is 9.51. The lowest BCUT2D eigenvalue weighted by Crippen LogP contribution is -2.46. The maximum Gasteiger partial charge on any atom is 0.244 e. The monoisotopic (exact) mass is 458 g/mol. The van der Waals surface area contributed by atoms with Crippen molar-refractivity contribution < 1.29 is 17.6 Å². The van der Waals surface area contributed by atoms with Gasteiger partial charge in [0.2, 0.25) is 15.9 Å². The molecule has 2 aromatic rings. The summed E-state index contributed by atoms with van der Waals surface area (Å²) in [7, 11) is -4.00. The van der Waals surface area contributed by atoms with Crippen LogP contribution in [-0.4, -0.2) is 31.2 Å². The van der Waals surface area contributed by atoms with Gasteiger partial charge in [0.1, 0.15) is 5.76 Å². The fourth-order valence-electron chi connectivity index (χ4n) is 3.53. The van der Waals surface area contributed by atoms with Crippen LogP contribution in [0.25, 0.3) is 0 Å². The van der Waals surface area contributed by atoms with Crippen molar-refractivity contribution in [2.24, 2.45) is 5.92 Å². The molecule has 2 atom stereocenters. The summed E-state index contributed by atoms with van der Waals surface area (Å²) in [5.41, 5.74) is 0. The van der Waals surface area contributed by atoms with Gasteiger partial charge in [-0.3, -0.25) is 4.79 Å². The standard InChI is InChI=1S/C20H24Cl2N2O4S/c1-14-5-2-3-7-19(14)23-20(25)13-24(12-15-6-4-10-28-15)29(26,27)16-8-9-17(21)18(22)11-16/h4,6,8-11,14,19H,2-3,5,7,12-13H2,1H3,(H,23,25). The van der Waals surface area contributed by atoms with Crippen molar-refractivity contribution in [1.82, 2.24) is 9.62 Å². The molecular formula is C20H24Cl2N2O4S. The minimum atomic E-state index is -4.00. The predicted molar refractivity (Wildman–Crippen MR) is 112 cm³/mol. The summed E-state index contributed by atoms with van der Waals surface area (Å²) in [5, 5.41) is 3.39. The molecule has 0 bridgehead atoms. The van der Waals surface area contributed by atoms with Gasteiger partial charge >= 0.3 is 0 Å². The molecule has 0 aliphatic heterocycles. The van der Waals surface area contributed by atoms with Crippen molar-refractivity contribution >= 4 is 39.1 Å². The molecule has 0 saturated heterocycles. The Morgan fingerprint density at radius 2 is 1.97 bits per heavy atom. The summed E-state index contributed by atoms with van der Waals surface area (Å²) in [6, 6.07) is 7.48. The molecule has 158 valence electrons. The van der Waals surface area contributed by atoms with E-state index >= 15 is 0 Å². The van der Waals surface area contributed by atoms with Crippen LogP contribution in [0.2, 0.25) is 10.0 Å². The summed E-state index contributed by atoms with van der Waals surface area (Å²) in [6.45, 7) is 1.73. The molecule has 1 aromatic carbocycles. The second-order valence-electron chi connectivity index (χ2n) is 7.36. The number of hydrogen-bond donors (Lipinski definition) is 1. The summed E-state index contributed by atoms with van der Waals surface area (Å²) in [4.78, 5) is 12.7. The second-order valence-corrected chi connectivity index (χ2v) is 10.1. The van der Waals surface area contributed by atoms with Gasteiger partial charge in [-0.05, 0) is 49.1 Å². The summed E-state index contributed by atoms with van der Waals surface area (Å²) < 4.78 is 32.8. The molecule has 1 aliphatic carbocycles. The van der Waals surface area contributed by atoms with E-state index < -0.39 is 10.0 Å². The molecule has 1 amide bonds. The third kappa shape index (κ3) is 5.54. The van der Waals surface area contributed by atoms with Crippen molar-refractivity contribution in [3.05, 3.63) is 52.4 Å². The topological polar surface area (TPSA) is 79.6 Å². The number of benzene rings is 1. The van der Waals surface area contributed by atoms with E-state index in [0.29, 0.717) is 11.7 Å². The summed E-state index contributed by atoms with van der Waals surface area (Å²) >= 11 is 11.9. The van der Waals surface area contributed by atoms with Crippen LogP contribution in [-0.2, 0) is 21.4 Å². The van der Waals surface area contributed by atoms with Crippen LogP contribution in [0.4, 0.5) is 0 Å². The molecule has 1 N–H and O–H groups in total. The fourth-order valence-corrected chi connectivity index (χ4v) is 5.28. The van der Waals surface area contributed by atoms with Crippen molar-refractivity contribution in [3.8, 4) is 0 Å². The lowest BCUT2D eigenvalue weighted by atomic mass is 9.86. The number of halogens is 2. The fraction of sp³-hybridized carbons (Fsp3) is 0.450. The number of hydrogen-bond acceptors (Lipinski definition) is 4. The van der Waals surface area contributed by atoms with Gasteiger partial charge in [0.25, 0.3) is 0 Å². The van der Waals surface area contributed by atoms with Crippen molar-refractivity contribution in [2.75, 3.05) is 6.54 Å². The zero-order valence-corrected chi connectivity index (χ0v) is 18.4. The first-order valence-electron chi connectivity index (χ1n) is 9.54. The van der Waals surface area contributed by atoms with E-state index in [4.69, 9.17) is 27.6 Å². The number of carbonyl (C=O) groups excluding carboxylic acids is 1. The minimum absolute atomic E-state index is 0.0303. The van der Waals surface area contributed by atoms with Gasteiger partial charge in [-0.1, -0.05) is 43.0 Å². The highest BCUT2D eigenvalue weighted by molar-refractivity contribution is 7.89. The molecule has 2 unspecified atom stereocenters. The van der Waals surface area contributed by atoms with E-state index in [-0.39, 0.29) is 40.0 Å². The number of sulfonamides is 1. The number of amides is 1. The van der Waals surface area contributed by atoms with E-state index in [1.165, 1.54) is 24.5 Å².